The molecule has 0 bridgehead atoms. The minimum atomic E-state index is -0.531. The van der Waals surface area contributed by atoms with Gasteiger partial charge in [0.25, 0.3) is 0 Å². The summed E-state index contributed by atoms with van der Waals surface area (Å²) in [5.74, 6) is 0. The lowest BCUT2D eigenvalue weighted by Gasteiger charge is -2.28. The van der Waals surface area contributed by atoms with Gasteiger partial charge in [0.1, 0.15) is 0 Å². The van der Waals surface area contributed by atoms with Gasteiger partial charge in [-0.1, -0.05) is 6.07 Å². The second kappa shape index (κ2) is 4.01. The largest absolute Gasteiger partial charge is 0.436 e. The number of cyclic esters (lactones) is 1. The number of hydrogen-bond acceptors (Lipinski definition) is 2. The van der Waals surface area contributed by atoms with Crippen LogP contribution in [0.5, 0.6) is 0 Å². The predicted octanol–water partition coefficient (Wildman–Crippen LogP) is 3.22. The summed E-state index contributed by atoms with van der Waals surface area (Å²) in [6.45, 7) is 11.0. The molecule has 1 amide bonds. The highest BCUT2D eigenvalue weighted by atomic mass is 16.6. The summed E-state index contributed by atoms with van der Waals surface area (Å²) in [5, 5.41) is 0. The van der Waals surface area contributed by atoms with Crippen LogP contribution in [0.1, 0.15) is 34.7 Å². The molecule has 0 saturated carbocycles. The molecule has 0 aromatic heterocycles. The average molecular weight is 247 g/mol. The van der Waals surface area contributed by atoms with Crippen molar-refractivity contribution in [2.45, 2.75) is 40.2 Å². The molecule has 1 fully saturated rings. The summed E-state index contributed by atoms with van der Waals surface area (Å²) in [5.41, 5.74) is 5.58. The van der Waals surface area contributed by atoms with Crippen LogP contribution < -0.4 is 0 Å². The van der Waals surface area contributed by atoms with Crippen molar-refractivity contribution in [1.29, 1.82) is 0 Å². The van der Waals surface area contributed by atoms with E-state index in [0.29, 0.717) is 6.54 Å². The lowest BCUT2D eigenvalue weighted by Crippen LogP contribution is -2.29. The van der Waals surface area contributed by atoms with Crippen LogP contribution in [0, 0.1) is 27.7 Å². The zero-order valence-corrected chi connectivity index (χ0v) is 12.0. The minimum absolute atomic E-state index is 0.240. The van der Waals surface area contributed by atoms with E-state index in [1.165, 1.54) is 22.3 Å². The number of nitrogens with zero attached hydrogens (tertiary/aromatic N) is 1. The van der Waals surface area contributed by atoms with Crippen molar-refractivity contribution in [2.24, 2.45) is 0 Å². The molecule has 1 atom stereocenters. The van der Waals surface area contributed by atoms with Gasteiger partial charge in [-0.3, -0.25) is 0 Å². The van der Waals surface area contributed by atoms with E-state index in [0.717, 1.165) is 5.56 Å². The molecule has 3 heteroatoms. The molecule has 3 nitrogen and oxygen atoms in total. The van der Waals surface area contributed by atoms with E-state index in [1.54, 1.807) is 11.9 Å². The minimum Gasteiger partial charge on any atom is -0.436 e. The van der Waals surface area contributed by atoms with Crippen molar-refractivity contribution in [2.75, 3.05) is 13.6 Å². The maximum Gasteiger partial charge on any atom is 0.410 e. The van der Waals surface area contributed by atoms with Crippen LogP contribution in [0.4, 0.5) is 4.79 Å². The highest BCUT2D eigenvalue weighted by molar-refractivity contribution is 5.71. The molecule has 0 radical (unpaired) electrons. The Balaban J connectivity index is 2.62. The Labute approximate surface area is 109 Å². The number of carbonyl (C=O) groups is 1. The molecular weight excluding hydrogens is 226 g/mol. The smallest absolute Gasteiger partial charge is 0.410 e. The van der Waals surface area contributed by atoms with Crippen LogP contribution in [0.3, 0.4) is 0 Å². The Bertz CT molecular complexity index is 495. The third-order valence-electron chi connectivity index (χ3n) is 4.06. The molecule has 1 saturated heterocycles. The molecule has 98 valence electrons. The number of hydrogen-bond donors (Lipinski definition) is 0. The highest BCUT2D eigenvalue weighted by Crippen LogP contribution is 2.38. The van der Waals surface area contributed by atoms with Crippen LogP contribution in [0.25, 0.3) is 0 Å². The summed E-state index contributed by atoms with van der Waals surface area (Å²) >= 11 is 0. The van der Waals surface area contributed by atoms with Gasteiger partial charge >= 0.3 is 6.09 Å². The fraction of sp³-hybridized carbons (Fsp3) is 0.533. The van der Waals surface area contributed by atoms with Gasteiger partial charge in [0.05, 0.1) is 6.54 Å². The van der Waals surface area contributed by atoms with E-state index in [1.807, 2.05) is 6.92 Å². The Morgan fingerprint density at radius 3 is 2.06 bits per heavy atom. The molecule has 1 aliphatic heterocycles. The van der Waals surface area contributed by atoms with Gasteiger partial charge in [-0.05, 0) is 56.9 Å². The lowest BCUT2D eigenvalue weighted by atomic mass is 9.84. The van der Waals surface area contributed by atoms with Gasteiger partial charge in [0.15, 0.2) is 5.60 Å². The number of rotatable bonds is 1. The zero-order chi connectivity index (χ0) is 13.7. The quantitative estimate of drug-likeness (QED) is 0.762. The van der Waals surface area contributed by atoms with Gasteiger partial charge in [0.2, 0.25) is 0 Å². The standard InChI is InChI=1S/C15H21NO2/c1-9-7-10(2)12(4)13(11(9)3)15(5)8-16(6)14(17)18-15/h7H,8H2,1-6H3. The van der Waals surface area contributed by atoms with E-state index in [-0.39, 0.29) is 6.09 Å². The maximum atomic E-state index is 11.7. The van der Waals surface area contributed by atoms with Crippen molar-refractivity contribution in [3.8, 4) is 0 Å². The maximum absolute atomic E-state index is 11.7. The van der Waals surface area contributed by atoms with E-state index in [2.05, 4.69) is 33.8 Å². The second-order valence-electron chi connectivity index (χ2n) is 5.59. The summed E-state index contributed by atoms with van der Waals surface area (Å²) in [6.07, 6.45) is -0.240. The molecule has 0 spiro atoms. The van der Waals surface area contributed by atoms with Crippen LogP contribution in [-0.4, -0.2) is 24.6 Å². The number of amides is 1. The number of likely N-dealkylation sites (N-methyl/N-ethyl adjacent to an activating group) is 1. The van der Waals surface area contributed by atoms with Crippen molar-refractivity contribution in [3.63, 3.8) is 0 Å². The molecule has 0 N–H and O–H groups in total. The number of ether oxygens (including phenoxy) is 1. The van der Waals surface area contributed by atoms with Gasteiger partial charge < -0.3 is 9.64 Å². The SMILES string of the molecule is Cc1cc(C)c(C)c(C2(C)CN(C)C(=O)O2)c1C. The van der Waals surface area contributed by atoms with Crippen LogP contribution in [0.15, 0.2) is 6.07 Å². The summed E-state index contributed by atoms with van der Waals surface area (Å²) < 4.78 is 5.61. The molecule has 1 unspecified atom stereocenters. The van der Waals surface area contributed by atoms with E-state index < -0.39 is 5.60 Å². The molecule has 2 rings (SSSR count). The van der Waals surface area contributed by atoms with Crippen molar-refractivity contribution in [1.82, 2.24) is 4.90 Å². The molecule has 1 heterocycles. The van der Waals surface area contributed by atoms with Gasteiger partial charge in [-0.2, -0.15) is 0 Å². The van der Waals surface area contributed by atoms with Gasteiger partial charge in [0, 0.05) is 12.6 Å². The third-order valence-corrected chi connectivity index (χ3v) is 4.06. The predicted molar refractivity (Wildman–Crippen MR) is 71.9 cm³/mol. The first-order chi connectivity index (χ1) is 8.26. The normalized spacial score (nSPS) is 23.4. The number of benzene rings is 1. The van der Waals surface area contributed by atoms with Gasteiger partial charge in [-0.15, -0.1) is 0 Å². The Morgan fingerprint density at radius 2 is 1.67 bits per heavy atom. The first kappa shape index (κ1) is 12.9. The van der Waals surface area contributed by atoms with E-state index in [4.69, 9.17) is 4.74 Å². The Morgan fingerprint density at radius 1 is 1.17 bits per heavy atom. The van der Waals surface area contributed by atoms with Crippen molar-refractivity contribution >= 4 is 6.09 Å². The topological polar surface area (TPSA) is 29.5 Å². The fourth-order valence-corrected chi connectivity index (χ4v) is 2.96. The first-order valence-electron chi connectivity index (χ1n) is 6.28. The summed E-state index contributed by atoms with van der Waals surface area (Å²) in [7, 11) is 1.78. The molecule has 1 aliphatic rings. The third kappa shape index (κ3) is 1.78. The average Bonchev–Trinajstić information content (AvgIpc) is 2.51. The van der Waals surface area contributed by atoms with Crippen molar-refractivity contribution < 1.29 is 9.53 Å². The van der Waals surface area contributed by atoms with Crippen LogP contribution in [0.2, 0.25) is 0 Å². The van der Waals surface area contributed by atoms with Crippen molar-refractivity contribution in [3.05, 3.63) is 33.9 Å². The Kier molecular flexibility index (Phi) is 2.88. The summed E-state index contributed by atoms with van der Waals surface area (Å²) in [6, 6.07) is 2.19. The number of aryl methyl sites for hydroxylation is 2. The van der Waals surface area contributed by atoms with E-state index in [9.17, 15) is 4.79 Å². The molecule has 1 aromatic rings. The second-order valence-corrected chi connectivity index (χ2v) is 5.59. The zero-order valence-electron chi connectivity index (χ0n) is 12.0. The number of carbonyl (C=O) groups excluding carboxylic acids is 1. The summed E-state index contributed by atoms with van der Waals surface area (Å²) in [4.78, 5) is 13.3. The first-order valence-corrected chi connectivity index (χ1v) is 6.28. The molecular formula is C15H21NO2. The molecule has 1 aromatic carbocycles. The van der Waals surface area contributed by atoms with E-state index >= 15 is 0 Å². The monoisotopic (exact) mass is 247 g/mol. The van der Waals surface area contributed by atoms with Crippen LogP contribution in [-0.2, 0) is 10.3 Å². The molecule has 0 aliphatic carbocycles. The molecule has 18 heavy (non-hydrogen) atoms. The Hall–Kier alpha value is -1.51. The highest BCUT2D eigenvalue weighted by Gasteiger charge is 2.43. The van der Waals surface area contributed by atoms with Crippen LogP contribution >= 0.6 is 0 Å². The lowest BCUT2D eigenvalue weighted by molar-refractivity contribution is 0.0691. The van der Waals surface area contributed by atoms with Gasteiger partial charge in [-0.25, -0.2) is 4.79 Å². The fourth-order valence-electron chi connectivity index (χ4n) is 2.96.